The van der Waals surface area contributed by atoms with E-state index < -0.39 is 5.91 Å². The molecular formula is C15H21N3O3. The Balaban J connectivity index is 1.91. The highest BCUT2D eigenvalue weighted by Gasteiger charge is 2.22. The molecule has 1 aliphatic heterocycles. The second kappa shape index (κ2) is 7.08. The van der Waals surface area contributed by atoms with Crippen molar-refractivity contribution in [3.05, 3.63) is 29.8 Å². The predicted octanol–water partition coefficient (Wildman–Crippen LogP) is 0.279. The van der Waals surface area contributed by atoms with Gasteiger partial charge in [-0.25, -0.2) is 0 Å². The van der Waals surface area contributed by atoms with Crippen LogP contribution in [0.4, 0.5) is 0 Å². The second-order valence-electron chi connectivity index (χ2n) is 5.33. The molecule has 2 unspecified atom stereocenters. The van der Waals surface area contributed by atoms with Crippen LogP contribution in [0.3, 0.4) is 0 Å². The third kappa shape index (κ3) is 4.46. The van der Waals surface area contributed by atoms with Gasteiger partial charge in [0.2, 0.25) is 0 Å². The van der Waals surface area contributed by atoms with Gasteiger partial charge in [0.05, 0.1) is 0 Å². The smallest absolute Gasteiger partial charge is 0.255 e. The van der Waals surface area contributed by atoms with E-state index in [4.69, 9.17) is 10.5 Å². The zero-order valence-electron chi connectivity index (χ0n) is 12.1. The number of carbonyl (C=O) groups excluding carboxylic acids is 2. The van der Waals surface area contributed by atoms with Gasteiger partial charge in [0.1, 0.15) is 5.75 Å². The fourth-order valence-corrected chi connectivity index (χ4v) is 2.29. The fourth-order valence-electron chi connectivity index (χ4n) is 2.29. The molecule has 2 amide bonds. The molecule has 4 N–H and O–H groups in total. The van der Waals surface area contributed by atoms with Crippen LogP contribution in [0.5, 0.6) is 5.75 Å². The molecule has 0 radical (unpaired) electrons. The summed E-state index contributed by atoms with van der Waals surface area (Å²) in [6.07, 6.45) is 1.06. The lowest BCUT2D eigenvalue weighted by atomic mass is 9.94. The van der Waals surface area contributed by atoms with Crippen LogP contribution >= 0.6 is 0 Å². The predicted molar refractivity (Wildman–Crippen MR) is 79.0 cm³/mol. The van der Waals surface area contributed by atoms with Crippen molar-refractivity contribution in [1.82, 2.24) is 10.6 Å². The lowest BCUT2D eigenvalue weighted by Crippen LogP contribution is -2.50. The largest absolute Gasteiger partial charge is 0.484 e. The minimum atomic E-state index is -0.532. The molecule has 1 saturated heterocycles. The molecule has 114 valence electrons. The number of carbonyl (C=O) groups is 2. The summed E-state index contributed by atoms with van der Waals surface area (Å²) in [6.45, 7) is 3.77. The molecule has 1 aromatic rings. The van der Waals surface area contributed by atoms with E-state index in [0.29, 0.717) is 17.2 Å². The Kier molecular flexibility index (Phi) is 5.16. The van der Waals surface area contributed by atoms with Crippen molar-refractivity contribution in [2.75, 3.05) is 19.7 Å². The van der Waals surface area contributed by atoms with Crippen molar-refractivity contribution < 1.29 is 14.3 Å². The lowest BCUT2D eigenvalue weighted by molar-refractivity contribution is -0.119. The molecule has 2 rings (SSSR count). The Morgan fingerprint density at radius 2 is 2.10 bits per heavy atom. The number of amides is 2. The third-order valence-electron chi connectivity index (χ3n) is 3.64. The summed E-state index contributed by atoms with van der Waals surface area (Å²) < 4.78 is 5.15. The minimum Gasteiger partial charge on any atom is -0.484 e. The van der Waals surface area contributed by atoms with E-state index in [9.17, 15) is 9.59 Å². The van der Waals surface area contributed by atoms with E-state index in [1.165, 1.54) is 0 Å². The Morgan fingerprint density at radius 3 is 2.71 bits per heavy atom. The normalized spacial score (nSPS) is 21.6. The number of nitrogens with one attached hydrogen (secondary N) is 2. The zero-order chi connectivity index (χ0) is 15.2. The van der Waals surface area contributed by atoms with Crippen LogP contribution in [0.15, 0.2) is 24.3 Å². The molecule has 1 fully saturated rings. The van der Waals surface area contributed by atoms with Gasteiger partial charge >= 0.3 is 0 Å². The van der Waals surface area contributed by atoms with Gasteiger partial charge in [-0.05, 0) is 43.1 Å². The van der Waals surface area contributed by atoms with Crippen LogP contribution in [-0.4, -0.2) is 37.6 Å². The number of benzene rings is 1. The standard InChI is InChI=1S/C15H21N3O3/c1-10-6-7-17-8-13(10)18-15(20)11-2-4-12(5-3-11)21-9-14(16)19/h2-5,10,13,17H,6-9H2,1H3,(H2,16,19)(H,18,20). The van der Waals surface area contributed by atoms with Gasteiger partial charge in [-0.3, -0.25) is 9.59 Å². The summed E-state index contributed by atoms with van der Waals surface area (Å²) in [5.41, 5.74) is 5.57. The molecule has 0 aromatic heterocycles. The number of piperidine rings is 1. The van der Waals surface area contributed by atoms with Gasteiger partial charge < -0.3 is 21.1 Å². The summed E-state index contributed by atoms with van der Waals surface area (Å²) in [5.74, 6) is 0.346. The number of rotatable bonds is 5. The van der Waals surface area contributed by atoms with Gasteiger partial charge in [-0.2, -0.15) is 0 Å². The molecule has 6 heteroatoms. The van der Waals surface area contributed by atoms with E-state index in [1.807, 2.05) is 0 Å². The first kappa shape index (κ1) is 15.3. The first-order valence-electron chi connectivity index (χ1n) is 7.09. The highest BCUT2D eigenvalue weighted by atomic mass is 16.5. The van der Waals surface area contributed by atoms with Gasteiger partial charge in [0.25, 0.3) is 11.8 Å². The van der Waals surface area contributed by atoms with E-state index in [-0.39, 0.29) is 18.6 Å². The molecule has 2 atom stereocenters. The Morgan fingerprint density at radius 1 is 1.38 bits per heavy atom. The Labute approximate surface area is 124 Å². The molecular weight excluding hydrogens is 270 g/mol. The summed E-state index contributed by atoms with van der Waals surface area (Å²) >= 11 is 0. The van der Waals surface area contributed by atoms with Gasteiger partial charge in [-0.1, -0.05) is 6.92 Å². The maximum Gasteiger partial charge on any atom is 0.255 e. The number of primary amides is 1. The van der Waals surface area contributed by atoms with Crippen LogP contribution < -0.4 is 21.1 Å². The molecule has 0 spiro atoms. The molecule has 1 aromatic carbocycles. The van der Waals surface area contributed by atoms with E-state index in [1.54, 1.807) is 24.3 Å². The van der Waals surface area contributed by atoms with Crippen LogP contribution in [0.2, 0.25) is 0 Å². The first-order valence-corrected chi connectivity index (χ1v) is 7.09. The van der Waals surface area contributed by atoms with Crippen molar-refractivity contribution >= 4 is 11.8 Å². The summed E-state index contributed by atoms with van der Waals surface area (Å²) in [4.78, 5) is 22.8. The Hall–Kier alpha value is -2.08. The van der Waals surface area contributed by atoms with Crippen LogP contribution in [0.1, 0.15) is 23.7 Å². The summed E-state index contributed by atoms with van der Waals surface area (Å²) in [7, 11) is 0. The van der Waals surface area contributed by atoms with E-state index in [0.717, 1.165) is 19.5 Å². The average molecular weight is 291 g/mol. The molecule has 0 aliphatic carbocycles. The second-order valence-corrected chi connectivity index (χ2v) is 5.33. The fraction of sp³-hybridized carbons (Fsp3) is 0.467. The van der Waals surface area contributed by atoms with Crippen molar-refractivity contribution in [2.24, 2.45) is 11.7 Å². The molecule has 1 heterocycles. The Bertz CT molecular complexity index is 501. The maximum absolute atomic E-state index is 12.2. The van der Waals surface area contributed by atoms with E-state index >= 15 is 0 Å². The number of hydrogen-bond acceptors (Lipinski definition) is 4. The summed E-state index contributed by atoms with van der Waals surface area (Å²) in [6, 6.07) is 6.80. The van der Waals surface area contributed by atoms with E-state index in [2.05, 4.69) is 17.6 Å². The lowest BCUT2D eigenvalue weighted by Gasteiger charge is -2.30. The first-order chi connectivity index (χ1) is 10.1. The van der Waals surface area contributed by atoms with Gasteiger partial charge in [-0.15, -0.1) is 0 Å². The molecule has 0 saturated carbocycles. The SMILES string of the molecule is CC1CCNCC1NC(=O)c1ccc(OCC(N)=O)cc1. The topological polar surface area (TPSA) is 93.4 Å². The van der Waals surface area contributed by atoms with Crippen molar-refractivity contribution in [3.63, 3.8) is 0 Å². The molecule has 1 aliphatic rings. The van der Waals surface area contributed by atoms with Gasteiger partial charge in [0.15, 0.2) is 6.61 Å². The average Bonchev–Trinajstić information content (AvgIpc) is 2.48. The third-order valence-corrected chi connectivity index (χ3v) is 3.64. The van der Waals surface area contributed by atoms with Crippen LogP contribution in [-0.2, 0) is 4.79 Å². The molecule has 0 bridgehead atoms. The summed E-state index contributed by atoms with van der Waals surface area (Å²) in [5, 5.41) is 6.32. The van der Waals surface area contributed by atoms with Crippen LogP contribution in [0.25, 0.3) is 0 Å². The zero-order valence-corrected chi connectivity index (χ0v) is 12.1. The van der Waals surface area contributed by atoms with Crippen molar-refractivity contribution in [2.45, 2.75) is 19.4 Å². The highest BCUT2D eigenvalue weighted by molar-refractivity contribution is 5.94. The monoisotopic (exact) mass is 291 g/mol. The quantitative estimate of drug-likeness (QED) is 0.726. The van der Waals surface area contributed by atoms with Crippen molar-refractivity contribution in [3.8, 4) is 5.75 Å². The van der Waals surface area contributed by atoms with Crippen molar-refractivity contribution in [1.29, 1.82) is 0 Å². The number of hydrogen-bond donors (Lipinski definition) is 3. The van der Waals surface area contributed by atoms with Gasteiger partial charge in [0, 0.05) is 18.2 Å². The van der Waals surface area contributed by atoms with Crippen LogP contribution in [0, 0.1) is 5.92 Å². The highest BCUT2D eigenvalue weighted by Crippen LogP contribution is 2.14. The minimum absolute atomic E-state index is 0.1000. The maximum atomic E-state index is 12.2. The number of nitrogens with two attached hydrogens (primary N) is 1. The molecule has 6 nitrogen and oxygen atoms in total. The number of ether oxygens (including phenoxy) is 1. The molecule has 21 heavy (non-hydrogen) atoms.